The van der Waals surface area contributed by atoms with Crippen LogP contribution in [0.5, 0.6) is 0 Å². The van der Waals surface area contributed by atoms with Crippen LogP contribution < -0.4 is 10.6 Å². The molecule has 5 rings (SSSR count). The minimum atomic E-state index is -0.0516. The van der Waals surface area contributed by atoms with Crippen LogP contribution in [0.25, 0.3) is 0 Å². The van der Waals surface area contributed by atoms with Crippen LogP contribution >= 0.6 is 24.8 Å². The highest BCUT2D eigenvalue weighted by molar-refractivity contribution is 5.95. The molecular weight excluding hydrogens is 573 g/mol. The molecule has 2 saturated carbocycles. The molecule has 2 aliphatic carbocycles. The van der Waals surface area contributed by atoms with Gasteiger partial charge in [-0.1, -0.05) is 43.2 Å². The molecule has 3 N–H and O–H groups in total. The van der Waals surface area contributed by atoms with Crippen LogP contribution in [0.15, 0.2) is 54.6 Å². The second-order valence-electron chi connectivity index (χ2n) is 11.6. The highest BCUT2D eigenvalue weighted by Gasteiger charge is 2.35. The van der Waals surface area contributed by atoms with Crippen LogP contribution in [-0.4, -0.2) is 66.5 Å². The Balaban J connectivity index is 0.00000242. The Bertz CT molecular complexity index is 1140. The maximum Gasteiger partial charge on any atom is 0.320 e. The van der Waals surface area contributed by atoms with E-state index in [1.165, 1.54) is 25.7 Å². The van der Waals surface area contributed by atoms with Gasteiger partial charge in [0.2, 0.25) is 0 Å². The average Bonchev–Trinajstić information content (AvgIpc) is 3.53. The number of halogens is 2. The number of nitrogen functional groups attached to an aromatic ring is 1. The van der Waals surface area contributed by atoms with E-state index >= 15 is 0 Å². The quantitative estimate of drug-likeness (QED) is 0.220. The SMILES string of the molecule is Cl.Cl.N=C(N)c1ccc(N2CCN(C(=O)N(Cc3ccccc3)C3CCC(C(=O)OCC4CCCC4)CC3)CC2)cc1. The van der Waals surface area contributed by atoms with Crippen LogP contribution in [0.2, 0.25) is 0 Å². The zero-order valence-electron chi connectivity index (χ0n) is 24.3. The first kappa shape index (κ1) is 33.5. The van der Waals surface area contributed by atoms with E-state index in [1.54, 1.807) is 0 Å². The molecule has 230 valence electrons. The predicted octanol–water partition coefficient (Wildman–Crippen LogP) is 5.85. The minimum absolute atomic E-state index is 0. The number of rotatable bonds is 8. The number of hydrogen-bond acceptors (Lipinski definition) is 5. The zero-order valence-corrected chi connectivity index (χ0v) is 25.9. The lowest BCUT2D eigenvalue weighted by atomic mass is 9.85. The fraction of sp³-hybridized carbons (Fsp3) is 0.531. The summed E-state index contributed by atoms with van der Waals surface area (Å²) >= 11 is 0. The van der Waals surface area contributed by atoms with Gasteiger partial charge in [-0.25, -0.2) is 4.79 Å². The van der Waals surface area contributed by atoms with Crippen molar-refractivity contribution >= 4 is 48.3 Å². The lowest BCUT2D eigenvalue weighted by Crippen LogP contribution is -2.55. The van der Waals surface area contributed by atoms with Crippen LogP contribution in [0, 0.1) is 17.2 Å². The van der Waals surface area contributed by atoms with E-state index in [0.29, 0.717) is 37.7 Å². The Morgan fingerprint density at radius 3 is 2.07 bits per heavy atom. The van der Waals surface area contributed by atoms with Crippen LogP contribution in [0.1, 0.15) is 62.5 Å². The van der Waals surface area contributed by atoms with Crippen LogP contribution in [0.4, 0.5) is 10.5 Å². The number of esters is 1. The van der Waals surface area contributed by atoms with Gasteiger partial charge in [0.15, 0.2) is 0 Å². The number of anilines is 1. The lowest BCUT2D eigenvalue weighted by Gasteiger charge is -2.42. The molecule has 0 radical (unpaired) electrons. The Labute approximate surface area is 262 Å². The second kappa shape index (κ2) is 16.0. The van der Waals surface area contributed by atoms with E-state index in [-0.39, 0.29) is 54.6 Å². The van der Waals surface area contributed by atoms with Crippen molar-refractivity contribution in [3.8, 4) is 0 Å². The summed E-state index contributed by atoms with van der Waals surface area (Å²) in [6, 6.07) is 18.1. The molecule has 3 fully saturated rings. The van der Waals surface area contributed by atoms with Crippen molar-refractivity contribution < 1.29 is 14.3 Å². The minimum Gasteiger partial charge on any atom is -0.465 e. The van der Waals surface area contributed by atoms with Crippen LogP contribution in [-0.2, 0) is 16.1 Å². The summed E-state index contributed by atoms with van der Waals surface area (Å²) in [4.78, 5) is 33.0. The number of amides is 2. The fourth-order valence-electron chi connectivity index (χ4n) is 6.44. The monoisotopic (exact) mass is 617 g/mol. The van der Waals surface area contributed by atoms with Crippen molar-refractivity contribution in [3.05, 3.63) is 65.7 Å². The van der Waals surface area contributed by atoms with Gasteiger partial charge in [-0.3, -0.25) is 10.2 Å². The van der Waals surface area contributed by atoms with Crippen molar-refractivity contribution in [1.29, 1.82) is 5.41 Å². The largest absolute Gasteiger partial charge is 0.465 e. The van der Waals surface area contributed by atoms with Gasteiger partial charge in [0.05, 0.1) is 12.5 Å². The van der Waals surface area contributed by atoms with Crippen molar-refractivity contribution in [3.63, 3.8) is 0 Å². The number of nitrogens with one attached hydrogen (secondary N) is 1. The maximum absolute atomic E-state index is 13.9. The van der Waals surface area contributed by atoms with Crippen molar-refractivity contribution in [1.82, 2.24) is 9.80 Å². The van der Waals surface area contributed by atoms with Gasteiger partial charge in [-0.2, -0.15) is 0 Å². The van der Waals surface area contributed by atoms with Crippen LogP contribution in [0.3, 0.4) is 0 Å². The van der Waals surface area contributed by atoms with Gasteiger partial charge in [0.1, 0.15) is 5.84 Å². The molecule has 10 heteroatoms. The first-order valence-electron chi connectivity index (χ1n) is 14.9. The fourth-order valence-corrected chi connectivity index (χ4v) is 6.44. The number of nitrogens with zero attached hydrogens (tertiary/aromatic N) is 3. The molecule has 1 saturated heterocycles. The number of nitrogens with two attached hydrogens (primary N) is 1. The van der Waals surface area contributed by atoms with Gasteiger partial charge in [-0.15, -0.1) is 24.8 Å². The molecule has 3 aliphatic rings. The van der Waals surface area contributed by atoms with Gasteiger partial charge >= 0.3 is 12.0 Å². The van der Waals surface area contributed by atoms with E-state index in [1.807, 2.05) is 52.3 Å². The zero-order chi connectivity index (χ0) is 27.9. The standard InChI is InChI=1S/C32H43N5O3.2ClH/c33-30(34)26-10-14-28(15-11-26)35-18-20-36(21-19-35)32(39)37(22-24-6-2-1-3-7-24)29-16-12-27(13-17-29)31(38)40-23-25-8-4-5-9-25;;/h1-3,6-7,10-11,14-15,25,27,29H,4-5,8-9,12-13,16-23H2,(H3,33,34);2*1H. The normalized spacial score (nSPS) is 20.7. The molecule has 0 aromatic heterocycles. The second-order valence-corrected chi connectivity index (χ2v) is 11.6. The summed E-state index contributed by atoms with van der Waals surface area (Å²) in [6.45, 7) is 3.97. The van der Waals surface area contributed by atoms with E-state index in [9.17, 15) is 9.59 Å². The van der Waals surface area contributed by atoms with Gasteiger partial charge in [0, 0.05) is 50.0 Å². The molecule has 2 amide bonds. The van der Waals surface area contributed by atoms with E-state index in [2.05, 4.69) is 17.0 Å². The topological polar surface area (TPSA) is 103 Å². The molecule has 2 aromatic carbocycles. The number of piperazine rings is 1. The molecule has 8 nitrogen and oxygen atoms in total. The predicted molar refractivity (Wildman–Crippen MR) is 172 cm³/mol. The molecule has 1 heterocycles. The average molecular weight is 619 g/mol. The van der Waals surface area contributed by atoms with Gasteiger partial charge in [0.25, 0.3) is 0 Å². The number of amidine groups is 1. The molecule has 0 unspecified atom stereocenters. The highest BCUT2D eigenvalue weighted by Crippen LogP contribution is 2.31. The first-order chi connectivity index (χ1) is 19.5. The van der Waals surface area contributed by atoms with Gasteiger partial charge < -0.3 is 25.2 Å². The Hall–Kier alpha value is -2.97. The molecule has 1 aliphatic heterocycles. The maximum atomic E-state index is 13.9. The number of urea groups is 1. The van der Waals surface area contributed by atoms with Crippen molar-refractivity contribution in [2.75, 3.05) is 37.7 Å². The van der Waals surface area contributed by atoms with E-state index < -0.39 is 0 Å². The van der Waals surface area contributed by atoms with Crippen molar-refractivity contribution in [2.24, 2.45) is 17.6 Å². The molecule has 42 heavy (non-hydrogen) atoms. The van der Waals surface area contributed by atoms with E-state index in [0.717, 1.165) is 50.0 Å². The highest BCUT2D eigenvalue weighted by atomic mass is 35.5. The Kier molecular flexibility index (Phi) is 12.8. The number of benzene rings is 2. The van der Waals surface area contributed by atoms with E-state index in [4.69, 9.17) is 15.9 Å². The first-order valence-corrected chi connectivity index (χ1v) is 14.9. The third kappa shape index (κ3) is 8.54. The van der Waals surface area contributed by atoms with Gasteiger partial charge in [-0.05, 0) is 74.3 Å². The number of ether oxygens (including phenoxy) is 1. The Morgan fingerprint density at radius 1 is 0.857 bits per heavy atom. The molecular formula is C32H45Cl2N5O3. The lowest BCUT2D eigenvalue weighted by molar-refractivity contribution is -0.151. The molecule has 2 aromatic rings. The number of carbonyl (C=O) groups is 2. The number of hydrogen-bond donors (Lipinski definition) is 2. The summed E-state index contributed by atoms with van der Waals surface area (Å²) in [5.74, 6) is 0.512. The summed E-state index contributed by atoms with van der Waals surface area (Å²) in [7, 11) is 0. The summed E-state index contributed by atoms with van der Waals surface area (Å²) in [6.07, 6.45) is 8.06. The third-order valence-electron chi connectivity index (χ3n) is 8.94. The molecule has 0 atom stereocenters. The smallest absolute Gasteiger partial charge is 0.320 e. The summed E-state index contributed by atoms with van der Waals surface area (Å²) < 4.78 is 5.72. The number of carbonyl (C=O) groups excluding carboxylic acids is 2. The molecule has 0 spiro atoms. The Morgan fingerprint density at radius 2 is 1.48 bits per heavy atom. The molecule has 0 bridgehead atoms. The summed E-state index contributed by atoms with van der Waals surface area (Å²) in [5, 5.41) is 7.60. The summed E-state index contributed by atoms with van der Waals surface area (Å²) in [5.41, 5.74) is 8.51. The third-order valence-corrected chi connectivity index (χ3v) is 8.94. The van der Waals surface area contributed by atoms with Crippen molar-refractivity contribution in [2.45, 2.75) is 64.0 Å².